The van der Waals surface area contributed by atoms with Crippen molar-refractivity contribution >= 4 is 33.4 Å². The molecule has 1 amide bonds. The summed E-state index contributed by atoms with van der Waals surface area (Å²) in [6.07, 6.45) is 13.5. The number of likely N-dealkylation sites (N-methyl/N-ethyl adjacent to an activating group) is 1. The van der Waals surface area contributed by atoms with E-state index in [1.54, 1.807) is 24.8 Å². The number of nitrogens with one attached hydrogen (secondary N) is 3. The van der Waals surface area contributed by atoms with E-state index in [0.29, 0.717) is 35.9 Å². The Balaban J connectivity index is 1.16. The molecule has 1 aliphatic rings. The van der Waals surface area contributed by atoms with Crippen LogP contribution in [0.1, 0.15) is 38.5 Å². The van der Waals surface area contributed by atoms with Gasteiger partial charge in [-0.1, -0.05) is 25.3 Å². The second-order valence-electron chi connectivity index (χ2n) is 12.7. The zero-order chi connectivity index (χ0) is 32.3. The molecule has 0 bridgehead atoms. The summed E-state index contributed by atoms with van der Waals surface area (Å²) in [6.45, 7) is 1.18. The zero-order valence-electron chi connectivity index (χ0n) is 26.6. The van der Waals surface area contributed by atoms with Crippen LogP contribution in [0.25, 0.3) is 55.4 Å². The molecule has 3 N–H and O–H groups in total. The van der Waals surface area contributed by atoms with Crippen molar-refractivity contribution in [3.8, 4) is 39.4 Å². The van der Waals surface area contributed by atoms with Gasteiger partial charge in [0.25, 0.3) is 0 Å². The molecule has 4 aromatic heterocycles. The molecule has 4 heterocycles. The maximum Gasteiger partial charge on any atom is 0.224 e. The van der Waals surface area contributed by atoms with Crippen LogP contribution in [-0.4, -0.2) is 63.2 Å². The standard InChI is InChI=1S/C37H38FN7O2/c1-45(2)10-11-47-29-15-25(13-27(38)17-29)32-21-40-22-35-30(32)18-34(42-35)37-31-16-24(8-9-33(31)43-44-37)26-14-28(20-39-19-26)41-36(46)12-23-6-4-3-5-7-23/h8-9,13-23,42H,3-7,10-12H2,1-2H3,(H,41,46)(H,43,44). The van der Waals surface area contributed by atoms with Gasteiger partial charge in [0.1, 0.15) is 23.9 Å². The van der Waals surface area contributed by atoms with Crippen molar-refractivity contribution in [1.29, 1.82) is 0 Å². The van der Waals surface area contributed by atoms with E-state index in [2.05, 4.69) is 36.5 Å². The number of nitrogens with zero attached hydrogens (tertiary/aromatic N) is 4. The number of benzene rings is 2. The Bertz CT molecular complexity index is 2040. The minimum Gasteiger partial charge on any atom is -0.492 e. The van der Waals surface area contributed by atoms with E-state index in [4.69, 9.17) is 4.74 Å². The molecule has 2 aromatic carbocycles. The van der Waals surface area contributed by atoms with E-state index in [0.717, 1.165) is 69.3 Å². The normalized spacial score (nSPS) is 13.9. The van der Waals surface area contributed by atoms with Crippen molar-refractivity contribution in [2.45, 2.75) is 38.5 Å². The lowest BCUT2D eigenvalue weighted by Gasteiger charge is -2.20. The molecule has 6 aromatic rings. The summed E-state index contributed by atoms with van der Waals surface area (Å²) in [4.78, 5) is 27.1. The highest BCUT2D eigenvalue weighted by Crippen LogP contribution is 2.36. The van der Waals surface area contributed by atoms with Crippen LogP contribution in [0.15, 0.2) is 73.3 Å². The van der Waals surface area contributed by atoms with Crippen LogP contribution in [0.2, 0.25) is 0 Å². The molecule has 240 valence electrons. The molecule has 0 atom stereocenters. The van der Waals surface area contributed by atoms with E-state index < -0.39 is 0 Å². The average molecular weight is 632 g/mol. The number of pyridine rings is 2. The smallest absolute Gasteiger partial charge is 0.224 e. The lowest BCUT2D eigenvalue weighted by atomic mass is 9.87. The number of anilines is 1. The quantitative estimate of drug-likeness (QED) is 0.142. The molecule has 0 spiro atoms. The molecule has 1 fully saturated rings. The van der Waals surface area contributed by atoms with Crippen LogP contribution in [0.4, 0.5) is 10.1 Å². The summed E-state index contributed by atoms with van der Waals surface area (Å²) in [7, 11) is 3.93. The second-order valence-corrected chi connectivity index (χ2v) is 12.7. The van der Waals surface area contributed by atoms with Gasteiger partial charge in [0.15, 0.2) is 0 Å². The van der Waals surface area contributed by atoms with Gasteiger partial charge in [0, 0.05) is 53.3 Å². The maximum atomic E-state index is 14.7. The monoisotopic (exact) mass is 631 g/mol. The fourth-order valence-corrected chi connectivity index (χ4v) is 6.49. The Morgan fingerprint density at radius 1 is 0.915 bits per heavy atom. The van der Waals surface area contributed by atoms with Crippen LogP contribution >= 0.6 is 0 Å². The van der Waals surface area contributed by atoms with Crippen molar-refractivity contribution in [2.75, 3.05) is 32.6 Å². The highest BCUT2D eigenvalue weighted by atomic mass is 19.1. The SMILES string of the molecule is CN(C)CCOc1cc(F)cc(-c2cncc3[nH]c(-c4n[nH]c5ccc(-c6cncc(NC(=O)CC7CCCCC7)c6)cc45)cc23)c1. The lowest BCUT2D eigenvalue weighted by molar-refractivity contribution is -0.117. The molecule has 10 heteroatoms. The van der Waals surface area contributed by atoms with Gasteiger partial charge in [0.05, 0.1) is 34.8 Å². The second kappa shape index (κ2) is 13.3. The first-order chi connectivity index (χ1) is 22.9. The van der Waals surface area contributed by atoms with Crippen LogP contribution in [0.3, 0.4) is 0 Å². The van der Waals surface area contributed by atoms with E-state index >= 15 is 0 Å². The predicted octanol–water partition coefficient (Wildman–Crippen LogP) is 7.82. The summed E-state index contributed by atoms with van der Waals surface area (Å²) >= 11 is 0. The van der Waals surface area contributed by atoms with Gasteiger partial charge < -0.3 is 19.9 Å². The molecule has 1 saturated carbocycles. The number of rotatable bonds is 10. The molecular formula is C37H38FN7O2. The van der Waals surface area contributed by atoms with Gasteiger partial charge in [-0.15, -0.1) is 0 Å². The Kier molecular flexibility index (Phi) is 8.67. The third-order valence-electron chi connectivity index (χ3n) is 8.91. The fraction of sp³-hybridized carbons (Fsp3) is 0.297. The average Bonchev–Trinajstić information content (AvgIpc) is 3.69. The third kappa shape index (κ3) is 6.88. The first-order valence-electron chi connectivity index (χ1n) is 16.2. The number of H-pyrrole nitrogens is 2. The molecule has 47 heavy (non-hydrogen) atoms. The minimum absolute atomic E-state index is 0.0439. The van der Waals surface area contributed by atoms with Crippen LogP contribution < -0.4 is 10.1 Å². The molecular weight excluding hydrogens is 593 g/mol. The number of amides is 1. The maximum absolute atomic E-state index is 14.7. The van der Waals surface area contributed by atoms with Crippen molar-refractivity contribution in [3.05, 3.63) is 79.1 Å². The van der Waals surface area contributed by atoms with Crippen molar-refractivity contribution in [3.63, 3.8) is 0 Å². The molecule has 0 unspecified atom stereocenters. The van der Waals surface area contributed by atoms with Gasteiger partial charge in [-0.05, 0) is 80.4 Å². The molecule has 0 aliphatic heterocycles. The Morgan fingerprint density at radius 3 is 2.62 bits per heavy atom. The number of aromatic amines is 2. The summed E-state index contributed by atoms with van der Waals surface area (Å²) in [5.41, 5.74) is 7.26. The highest BCUT2D eigenvalue weighted by Gasteiger charge is 2.18. The van der Waals surface area contributed by atoms with Crippen molar-refractivity contribution < 1.29 is 13.9 Å². The topological polar surface area (TPSA) is 112 Å². The van der Waals surface area contributed by atoms with Crippen LogP contribution in [-0.2, 0) is 4.79 Å². The van der Waals surface area contributed by atoms with Crippen LogP contribution in [0, 0.1) is 11.7 Å². The number of ether oxygens (including phenoxy) is 1. The minimum atomic E-state index is -0.372. The molecule has 1 aliphatic carbocycles. The van der Waals surface area contributed by atoms with Gasteiger partial charge in [-0.25, -0.2) is 4.39 Å². The van der Waals surface area contributed by atoms with E-state index in [1.165, 1.54) is 31.4 Å². The summed E-state index contributed by atoms with van der Waals surface area (Å²) < 4.78 is 20.5. The number of carbonyl (C=O) groups is 1. The number of carbonyl (C=O) groups excluding carboxylic acids is 1. The third-order valence-corrected chi connectivity index (χ3v) is 8.91. The molecule has 0 radical (unpaired) electrons. The molecule has 9 nitrogen and oxygen atoms in total. The van der Waals surface area contributed by atoms with Crippen LogP contribution in [0.5, 0.6) is 5.75 Å². The number of aromatic nitrogens is 5. The highest BCUT2D eigenvalue weighted by molar-refractivity contribution is 6.01. The fourth-order valence-electron chi connectivity index (χ4n) is 6.49. The summed E-state index contributed by atoms with van der Waals surface area (Å²) in [5.74, 6) is 0.616. The number of fused-ring (bicyclic) bond motifs is 2. The number of halogens is 1. The van der Waals surface area contributed by atoms with E-state index in [-0.39, 0.29) is 11.7 Å². The summed E-state index contributed by atoms with van der Waals surface area (Å²) in [6, 6.07) is 14.8. The Labute approximate surface area is 272 Å². The van der Waals surface area contributed by atoms with Crippen molar-refractivity contribution in [1.82, 2.24) is 30.0 Å². The lowest BCUT2D eigenvalue weighted by Crippen LogP contribution is -2.19. The summed E-state index contributed by atoms with van der Waals surface area (Å²) in [5, 5.41) is 12.7. The Morgan fingerprint density at radius 2 is 1.77 bits per heavy atom. The van der Waals surface area contributed by atoms with Crippen molar-refractivity contribution in [2.24, 2.45) is 5.92 Å². The predicted molar refractivity (Wildman–Crippen MR) is 184 cm³/mol. The first-order valence-corrected chi connectivity index (χ1v) is 16.2. The van der Waals surface area contributed by atoms with Gasteiger partial charge >= 0.3 is 0 Å². The Hall–Kier alpha value is -5.09. The van der Waals surface area contributed by atoms with Gasteiger partial charge in [0.2, 0.25) is 5.91 Å². The zero-order valence-corrected chi connectivity index (χ0v) is 26.6. The number of hydrogen-bond acceptors (Lipinski definition) is 6. The van der Waals surface area contributed by atoms with E-state index in [9.17, 15) is 9.18 Å². The molecule has 0 saturated heterocycles. The largest absolute Gasteiger partial charge is 0.492 e. The van der Waals surface area contributed by atoms with Gasteiger partial charge in [-0.2, -0.15) is 5.10 Å². The first kappa shape index (κ1) is 30.6. The van der Waals surface area contributed by atoms with E-state index in [1.807, 2.05) is 49.3 Å². The molecule has 7 rings (SSSR count). The van der Waals surface area contributed by atoms with Gasteiger partial charge in [-0.3, -0.25) is 19.9 Å². The number of hydrogen-bond donors (Lipinski definition) is 3.